The Morgan fingerprint density at radius 1 is 1.04 bits per heavy atom. The minimum Gasteiger partial charge on any atom is -0.496 e. The lowest BCUT2D eigenvalue weighted by atomic mass is 9.81. The molecule has 2 aliphatic heterocycles. The van der Waals surface area contributed by atoms with E-state index in [9.17, 15) is 5.11 Å². The Morgan fingerprint density at radius 2 is 1.81 bits per heavy atom. The second-order valence-corrected chi connectivity index (χ2v) is 7.79. The van der Waals surface area contributed by atoms with Crippen LogP contribution < -0.4 is 14.2 Å². The highest BCUT2D eigenvalue weighted by Crippen LogP contribution is 2.48. The smallest absolute Gasteiger partial charge is 0.169 e. The normalized spacial score (nSPS) is 23.1. The molecule has 5 nitrogen and oxygen atoms in total. The van der Waals surface area contributed by atoms with E-state index in [4.69, 9.17) is 14.2 Å². The molecule has 2 aliphatic rings. The molecule has 2 heterocycles. The van der Waals surface area contributed by atoms with Crippen molar-refractivity contribution in [3.8, 4) is 17.2 Å². The molecule has 0 aliphatic carbocycles. The molecular formula is C22H28NO4+. The predicted molar refractivity (Wildman–Crippen MR) is 103 cm³/mol. The van der Waals surface area contributed by atoms with Gasteiger partial charge in [-0.15, -0.1) is 0 Å². The quantitative estimate of drug-likeness (QED) is 0.841. The van der Waals surface area contributed by atoms with Crippen molar-refractivity contribution in [2.24, 2.45) is 0 Å². The monoisotopic (exact) mass is 370 g/mol. The molecule has 5 heteroatoms. The summed E-state index contributed by atoms with van der Waals surface area (Å²) in [5.41, 5.74) is 6.13. The molecule has 2 aromatic carbocycles. The molecule has 2 aromatic rings. The van der Waals surface area contributed by atoms with Gasteiger partial charge in [-0.3, -0.25) is 0 Å². The Morgan fingerprint density at radius 3 is 2.48 bits per heavy atom. The summed E-state index contributed by atoms with van der Waals surface area (Å²) in [6, 6.07) is 8.82. The van der Waals surface area contributed by atoms with Crippen molar-refractivity contribution in [1.29, 1.82) is 0 Å². The SMILES string of the molecule is COc1cc2c(cc1CO)C1Cc3ccc(OC)c(OC)c3C[N+]1(C)CC2. The number of ether oxygens (including phenoxy) is 3. The number of aliphatic hydroxyl groups excluding tert-OH is 1. The summed E-state index contributed by atoms with van der Waals surface area (Å²) in [4.78, 5) is 0. The molecule has 0 aromatic heterocycles. The van der Waals surface area contributed by atoms with Gasteiger partial charge in [0.25, 0.3) is 0 Å². The number of rotatable bonds is 4. The minimum absolute atomic E-state index is 0.00546. The van der Waals surface area contributed by atoms with E-state index in [0.717, 1.165) is 53.2 Å². The summed E-state index contributed by atoms with van der Waals surface area (Å²) in [5.74, 6) is 2.45. The summed E-state index contributed by atoms with van der Waals surface area (Å²) in [6.07, 6.45) is 1.96. The third kappa shape index (κ3) is 2.77. The van der Waals surface area contributed by atoms with Crippen LogP contribution in [-0.4, -0.2) is 44.5 Å². The first-order valence-corrected chi connectivity index (χ1v) is 9.42. The van der Waals surface area contributed by atoms with E-state index in [1.54, 1.807) is 21.3 Å². The number of hydrogen-bond donors (Lipinski definition) is 1. The van der Waals surface area contributed by atoms with E-state index >= 15 is 0 Å². The van der Waals surface area contributed by atoms with Gasteiger partial charge in [-0.2, -0.15) is 0 Å². The lowest BCUT2D eigenvalue weighted by molar-refractivity contribution is -0.956. The number of likely N-dealkylation sites (N-methyl/N-ethyl adjacent to an activating group) is 1. The number of quaternary nitrogens is 1. The summed E-state index contributed by atoms with van der Waals surface area (Å²) in [5, 5.41) is 9.78. The van der Waals surface area contributed by atoms with E-state index in [1.165, 1.54) is 22.3 Å². The van der Waals surface area contributed by atoms with Gasteiger partial charge in [0.15, 0.2) is 11.5 Å². The van der Waals surface area contributed by atoms with E-state index in [0.29, 0.717) is 6.04 Å². The summed E-state index contributed by atoms with van der Waals surface area (Å²) >= 11 is 0. The van der Waals surface area contributed by atoms with Crippen molar-refractivity contribution >= 4 is 0 Å². The molecule has 144 valence electrons. The summed E-state index contributed by atoms with van der Waals surface area (Å²) in [6.45, 7) is 1.98. The first-order chi connectivity index (χ1) is 13.0. The fourth-order valence-corrected chi connectivity index (χ4v) is 4.88. The van der Waals surface area contributed by atoms with Crippen LogP contribution in [0.2, 0.25) is 0 Å². The Hall–Kier alpha value is -2.24. The average Bonchev–Trinajstić information content (AvgIpc) is 2.70. The zero-order chi connectivity index (χ0) is 19.2. The predicted octanol–water partition coefficient (Wildman–Crippen LogP) is 3.00. The highest BCUT2D eigenvalue weighted by Gasteiger charge is 2.44. The highest BCUT2D eigenvalue weighted by atomic mass is 16.5. The fraction of sp³-hybridized carbons (Fsp3) is 0.455. The van der Waals surface area contributed by atoms with Gasteiger partial charge in [0.2, 0.25) is 0 Å². The van der Waals surface area contributed by atoms with Gasteiger partial charge in [0.05, 0.1) is 47.1 Å². The topological polar surface area (TPSA) is 47.9 Å². The molecule has 27 heavy (non-hydrogen) atoms. The van der Waals surface area contributed by atoms with Crippen LogP contribution in [-0.2, 0) is 26.0 Å². The van der Waals surface area contributed by atoms with Gasteiger partial charge in [0.1, 0.15) is 18.3 Å². The summed E-state index contributed by atoms with van der Waals surface area (Å²) in [7, 11) is 7.40. The van der Waals surface area contributed by atoms with Crippen LogP contribution in [0.3, 0.4) is 0 Å². The molecule has 4 rings (SSSR count). The van der Waals surface area contributed by atoms with Gasteiger partial charge < -0.3 is 23.8 Å². The maximum absolute atomic E-state index is 9.78. The van der Waals surface area contributed by atoms with Gasteiger partial charge in [-0.25, -0.2) is 0 Å². The van der Waals surface area contributed by atoms with Crippen molar-refractivity contribution in [3.63, 3.8) is 0 Å². The second kappa shape index (κ2) is 6.73. The lowest BCUT2D eigenvalue weighted by Crippen LogP contribution is -2.53. The molecule has 0 fully saturated rings. The highest BCUT2D eigenvalue weighted by molar-refractivity contribution is 5.52. The molecule has 0 spiro atoms. The van der Waals surface area contributed by atoms with E-state index in [2.05, 4.69) is 25.2 Å². The Balaban J connectivity index is 1.82. The Labute approximate surface area is 160 Å². The Kier molecular flexibility index (Phi) is 4.52. The van der Waals surface area contributed by atoms with Crippen molar-refractivity contribution in [3.05, 3.63) is 52.1 Å². The van der Waals surface area contributed by atoms with Crippen LogP contribution >= 0.6 is 0 Å². The van der Waals surface area contributed by atoms with E-state index in [-0.39, 0.29) is 6.61 Å². The summed E-state index contributed by atoms with van der Waals surface area (Å²) < 4.78 is 17.6. The second-order valence-electron chi connectivity index (χ2n) is 7.79. The van der Waals surface area contributed by atoms with Gasteiger partial charge in [-0.05, 0) is 29.3 Å². The molecule has 0 saturated heterocycles. The van der Waals surface area contributed by atoms with Gasteiger partial charge in [0, 0.05) is 24.0 Å². The molecule has 2 atom stereocenters. The largest absolute Gasteiger partial charge is 0.496 e. The zero-order valence-corrected chi connectivity index (χ0v) is 16.5. The number of fused-ring (bicyclic) bond motifs is 4. The van der Waals surface area contributed by atoms with Crippen molar-refractivity contribution in [2.75, 3.05) is 34.9 Å². The first-order valence-electron chi connectivity index (χ1n) is 9.42. The van der Waals surface area contributed by atoms with Crippen molar-refractivity contribution in [2.45, 2.75) is 32.0 Å². The fourth-order valence-electron chi connectivity index (χ4n) is 4.88. The van der Waals surface area contributed by atoms with E-state index in [1.807, 2.05) is 6.07 Å². The number of aliphatic hydroxyl groups is 1. The van der Waals surface area contributed by atoms with Crippen LogP contribution in [0.25, 0.3) is 0 Å². The maximum atomic E-state index is 9.78. The Bertz CT molecular complexity index is 879. The molecule has 0 bridgehead atoms. The van der Waals surface area contributed by atoms with Crippen LogP contribution in [0, 0.1) is 0 Å². The minimum atomic E-state index is -0.00546. The lowest BCUT2D eigenvalue weighted by Gasteiger charge is -2.49. The number of benzene rings is 2. The van der Waals surface area contributed by atoms with Gasteiger partial charge in [-0.1, -0.05) is 6.07 Å². The third-order valence-electron chi connectivity index (χ3n) is 6.39. The maximum Gasteiger partial charge on any atom is 0.169 e. The van der Waals surface area contributed by atoms with E-state index < -0.39 is 0 Å². The van der Waals surface area contributed by atoms with Crippen LogP contribution in [0.5, 0.6) is 17.2 Å². The molecule has 0 amide bonds. The van der Waals surface area contributed by atoms with Gasteiger partial charge >= 0.3 is 0 Å². The van der Waals surface area contributed by atoms with Crippen LogP contribution in [0.15, 0.2) is 24.3 Å². The third-order valence-corrected chi connectivity index (χ3v) is 6.39. The van der Waals surface area contributed by atoms with Crippen LogP contribution in [0.1, 0.15) is 33.9 Å². The zero-order valence-electron chi connectivity index (χ0n) is 16.5. The number of hydrogen-bond acceptors (Lipinski definition) is 4. The van der Waals surface area contributed by atoms with Crippen molar-refractivity contribution in [1.82, 2.24) is 0 Å². The number of nitrogens with zero attached hydrogens (tertiary/aromatic N) is 1. The standard InChI is InChI=1S/C22H28NO4/c1-23-8-7-15-11-21(26-3)16(13-24)9-17(15)19(23)10-14-5-6-20(25-2)22(27-4)18(14)12-23/h5-6,9,11,19,24H,7-8,10,12-13H2,1-4H3/q+1. The van der Waals surface area contributed by atoms with Crippen molar-refractivity contribution < 1.29 is 23.8 Å². The molecular weight excluding hydrogens is 342 g/mol. The molecule has 0 radical (unpaired) electrons. The molecule has 1 N–H and O–H groups in total. The molecule has 2 unspecified atom stereocenters. The average molecular weight is 370 g/mol. The first kappa shape index (κ1) is 18.1. The van der Waals surface area contributed by atoms with Crippen LogP contribution in [0.4, 0.5) is 0 Å². The molecule has 0 saturated carbocycles. The number of methoxy groups -OCH3 is 3.